The SMILES string of the molecule is CCc1ccnc(-c2nccn2Cc2nnc(-c3ccc([N+](=O)[O-])cc3)o2)c1. The predicted molar refractivity (Wildman–Crippen MR) is 100 cm³/mol. The lowest BCUT2D eigenvalue weighted by molar-refractivity contribution is -0.384. The third-order valence-electron chi connectivity index (χ3n) is 4.27. The van der Waals surface area contributed by atoms with E-state index in [1.54, 1.807) is 24.5 Å². The van der Waals surface area contributed by atoms with E-state index in [-0.39, 0.29) is 5.69 Å². The lowest BCUT2D eigenvalue weighted by atomic mass is 10.2. The number of pyridine rings is 1. The molecule has 0 unspecified atom stereocenters. The molecule has 0 N–H and O–H groups in total. The number of nitrogens with zero attached hydrogens (tertiary/aromatic N) is 6. The summed E-state index contributed by atoms with van der Waals surface area (Å²) in [4.78, 5) is 19.1. The zero-order valence-electron chi connectivity index (χ0n) is 15.0. The van der Waals surface area contributed by atoms with Crippen LogP contribution in [0, 0.1) is 10.1 Å². The molecule has 0 aliphatic carbocycles. The van der Waals surface area contributed by atoms with Crippen LogP contribution in [0.5, 0.6) is 0 Å². The molecule has 9 nitrogen and oxygen atoms in total. The van der Waals surface area contributed by atoms with Gasteiger partial charge in [-0.25, -0.2) is 4.98 Å². The molecular weight excluding hydrogens is 360 g/mol. The highest BCUT2D eigenvalue weighted by Gasteiger charge is 2.14. The quantitative estimate of drug-likeness (QED) is 0.374. The molecule has 4 rings (SSSR count). The van der Waals surface area contributed by atoms with Gasteiger partial charge in [-0.2, -0.15) is 0 Å². The fourth-order valence-electron chi connectivity index (χ4n) is 2.79. The normalized spacial score (nSPS) is 10.9. The summed E-state index contributed by atoms with van der Waals surface area (Å²) in [5.74, 6) is 1.42. The molecule has 3 heterocycles. The molecule has 0 fully saturated rings. The molecule has 140 valence electrons. The number of imidazole rings is 1. The number of benzene rings is 1. The summed E-state index contributed by atoms with van der Waals surface area (Å²) in [6.07, 6.45) is 6.21. The Balaban J connectivity index is 1.56. The number of aromatic nitrogens is 5. The van der Waals surface area contributed by atoms with Crippen LogP contribution in [-0.4, -0.2) is 29.7 Å². The van der Waals surface area contributed by atoms with Gasteiger partial charge in [0.15, 0.2) is 5.82 Å². The molecule has 0 bridgehead atoms. The van der Waals surface area contributed by atoms with Crippen LogP contribution in [0.1, 0.15) is 18.4 Å². The molecule has 0 amide bonds. The molecule has 28 heavy (non-hydrogen) atoms. The Morgan fingerprint density at radius 1 is 1.11 bits per heavy atom. The second kappa shape index (κ2) is 7.39. The van der Waals surface area contributed by atoms with E-state index in [4.69, 9.17) is 4.42 Å². The van der Waals surface area contributed by atoms with Gasteiger partial charge < -0.3 is 8.98 Å². The maximum atomic E-state index is 10.8. The molecule has 0 saturated heterocycles. The third kappa shape index (κ3) is 3.50. The van der Waals surface area contributed by atoms with Gasteiger partial charge in [-0.05, 0) is 36.2 Å². The van der Waals surface area contributed by atoms with Crippen molar-refractivity contribution in [3.63, 3.8) is 0 Å². The van der Waals surface area contributed by atoms with Crippen molar-refractivity contribution in [2.24, 2.45) is 0 Å². The maximum Gasteiger partial charge on any atom is 0.269 e. The Labute approximate surface area is 159 Å². The highest BCUT2D eigenvalue weighted by molar-refractivity contribution is 5.55. The van der Waals surface area contributed by atoms with Crippen molar-refractivity contribution in [2.75, 3.05) is 0 Å². The number of rotatable bonds is 6. The Morgan fingerprint density at radius 2 is 1.93 bits per heavy atom. The summed E-state index contributed by atoms with van der Waals surface area (Å²) < 4.78 is 7.60. The summed E-state index contributed by atoms with van der Waals surface area (Å²) in [6.45, 7) is 2.43. The third-order valence-corrected chi connectivity index (χ3v) is 4.27. The Morgan fingerprint density at radius 3 is 2.68 bits per heavy atom. The van der Waals surface area contributed by atoms with Crippen molar-refractivity contribution in [1.82, 2.24) is 24.7 Å². The van der Waals surface area contributed by atoms with Gasteiger partial charge in [-0.15, -0.1) is 10.2 Å². The van der Waals surface area contributed by atoms with Gasteiger partial charge in [0.05, 0.1) is 4.92 Å². The molecule has 0 saturated carbocycles. The molecule has 0 aliphatic heterocycles. The minimum atomic E-state index is -0.453. The molecule has 1 aromatic carbocycles. The van der Waals surface area contributed by atoms with Gasteiger partial charge >= 0.3 is 0 Å². The molecule has 0 aliphatic rings. The molecular formula is C19H16N6O3. The number of aryl methyl sites for hydroxylation is 1. The van der Waals surface area contributed by atoms with Crippen molar-refractivity contribution in [2.45, 2.75) is 19.9 Å². The minimum absolute atomic E-state index is 0.00774. The number of hydrogen-bond donors (Lipinski definition) is 0. The first kappa shape index (κ1) is 17.5. The van der Waals surface area contributed by atoms with Gasteiger partial charge in [-0.3, -0.25) is 15.1 Å². The number of nitro benzene ring substituents is 1. The molecule has 3 aromatic heterocycles. The van der Waals surface area contributed by atoms with Gasteiger partial charge in [-0.1, -0.05) is 6.92 Å². The Hall–Kier alpha value is -3.88. The Bertz CT molecular complexity index is 1120. The van der Waals surface area contributed by atoms with Gasteiger partial charge in [0.25, 0.3) is 5.69 Å². The van der Waals surface area contributed by atoms with E-state index in [0.717, 1.165) is 12.1 Å². The molecule has 0 atom stereocenters. The second-order valence-corrected chi connectivity index (χ2v) is 6.09. The summed E-state index contributed by atoms with van der Waals surface area (Å²) in [6, 6.07) is 9.95. The van der Waals surface area contributed by atoms with Crippen molar-refractivity contribution in [1.29, 1.82) is 0 Å². The van der Waals surface area contributed by atoms with E-state index in [1.165, 1.54) is 17.7 Å². The van der Waals surface area contributed by atoms with Crippen LogP contribution in [0.3, 0.4) is 0 Å². The average molecular weight is 376 g/mol. The monoisotopic (exact) mass is 376 g/mol. The first-order valence-corrected chi connectivity index (χ1v) is 8.67. The highest BCUT2D eigenvalue weighted by Crippen LogP contribution is 2.22. The van der Waals surface area contributed by atoms with Crippen LogP contribution < -0.4 is 0 Å². The van der Waals surface area contributed by atoms with E-state index in [9.17, 15) is 10.1 Å². The number of nitro groups is 1. The second-order valence-electron chi connectivity index (χ2n) is 6.09. The molecule has 0 spiro atoms. The summed E-state index contributed by atoms with van der Waals surface area (Å²) in [7, 11) is 0. The van der Waals surface area contributed by atoms with Gasteiger partial charge in [0.1, 0.15) is 12.2 Å². The van der Waals surface area contributed by atoms with Crippen LogP contribution in [0.15, 0.2) is 59.4 Å². The van der Waals surface area contributed by atoms with Crippen LogP contribution in [0.4, 0.5) is 5.69 Å². The predicted octanol–water partition coefficient (Wildman–Crippen LogP) is 3.51. The van der Waals surface area contributed by atoms with Crippen molar-refractivity contribution < 1.29 is 9.34 Å². The fourth-order valence-corrected chi connectivity index (χ4v) is 2.79. The van der Waals surface area contributed by atoms with Gasteiger partial charge in [0, 0.05) is 36.3 Å². The maximum absolute atomic E-state index is 10.8. The molecule has 4 aromatic rings. The Kier molecular flexibility index (Phi) is 4.63. The topological polar surface area (TPSA) is 113 Å². The molecule has 9 heteroatoms. The largest absolute Gasteiger partial charge is 0.419 e. The summed E-state index contributed by atoms with van der Waals surface area (Å²) >= 11 is 0. The van der Waals surface area contributed by atoms with E-state index < -0.39 is 4.92 Å². The lowest BCUT2D eigenvalue weighted by Gasteiger charge is -2.06. The zero-order valence-corrected chi connectivity index (χ0v) is 15.0. The van der Waals surface area contributed by atoms with Crippen LogP contribution in [0.2, 0.25) is 0 Å². The van der Waals surface area contributed by atoms with E-state index in [0.29, 0.717) is 29.7 Å². The number of hydrogen-bond acceptors (Lipinski definition) is 7. The summed E-state index contributed by atoms with van der Waals surface area (Å²) in [5.41, 5.74) is 2.58. The first-order valence-electron chi connectivity index (χ1n) is 8.67. The van der Waals surface area contributed by atoms with E-state index in [2.05, 4.69) is 27.1 Å². The van der Waals surface area contributed by atoms with E-state index >= 15 is 0 Å². The van der Waals surface area contributed by atoms with Crippen LogP contribution in [-0.2, 0) is 13.0 Å². The van der Waals surface area contributed by atoms with Gasteiger partial charge in [0.2, 0.25) is 11.8 Å². The van der Waals surface area contributed by atoms with Crippen LogP contribution in [0.25, 0.3) is 23.0 Å². The first-order chi connectivity index (χ1) is 13.6. The molecule has 0 radical (unpaired) electrons. The van der Waals surface area contributed by atoms with Crippen molar-refractivity contribution in [3.05, 3.63) is 76.6 Å². The highest BCUT2D eigenvalue weighted by atomic mass is 16.6. The fraction of sp³-hybridized carbons (Fsp3) is 0.158. The van der Waals surface area contributed by atoms with E-state index in [1.807, 2.05) is 22.9 Å². The smallest absolute Gasteiger partial charge is 0.269 e. The number of non-ortho nitro benzene ring substituents is 1. The van der Waals surface area contributed by atoms with Crippen LogP contribution >= 0.6 is 0 Å². The van der Waals surface area contributed by atoms with Crippen molar-refractivity contribution in [3.8, 4) is 23.0 Å². The lowest BCUT2D eigenvalue weighted by Crippen LogP contribution is -2.02. The summed E-state index contributed by atoms with van der Waals surface area (Å²) in [5, 5.41) is 18.9. The van der Waals surface area contributed by atoms with Crippen molar-refractivity contribution >= 4 is 5.69 Å². The minimum Gasteiger partial charge on any atom is -0.419 e. The standard InChI is InChI=1S/C19H16N6O3/c1-2-13-7-8-20-16(11-13)18-21-9-10-24(18)12-17-22-23-19(28-17)14-3-5-15(6-4-14)25(26)27/h3-11H,2,12H2,1H3. The average Bonchev–Trinajstić information content (AvgIpc) is 3.38. The zero-order chi connectivity index (χ0) is 19.5.